The zero-order chi connectivity index (χ0) is 14.3. The molecule has 0 spiro atoms. The van der Waals surface area contributed by atoms with Crippen LogP contribution in [-0.4, -0.2) is 34.9 Å². The number of hydrogen-bond acceptors (Lipinski definition) is 5. The Balaban J connectivity index is 0.000000550. The van der Waals surface area contributed by atoms with E-state index in [2.05, 4.69) is 23.7 Å². The second-order valence-electron chi connectivity index (χ2n) is 5.02. The number of aliphatic hydroxyl groups is 1. The maximum Gasteiger partial charge on any atom is 0.373 e. The average molecular weight is 264 g/mol. The maximum atomic E-state index is 10.4. The summed E-state index contributed by atoms with van der Waals surface area (Å²) >= 11 is 0. The van der Waals surface area contributed by atoms with Gasteiger partial charge >= 0.3 is 6.15 Å². The van der Waals surface area contributed by atoms with E-state index in [0.717, 1.165) is 31.7 Å². The van der Waals surface area contributed by atoms with Crippen molar-refractivity contribution in [2.75, 3.05) is 18.0 Å². The third-order valence-corrected chi connectivity index (χ3v) is 3.68. The van der Waals surface area contributed by atoms with Crippen LogP contribution < -0.4 is 4.90 Å². The first-order valence-corrected chi connectivity index (χ1v) is 6.41. The zero-order valence-corrected chi connectivity index (χ0v) is 11.4. The molecule has 19 heavy (non-hydrogen) atoms. The molecule has 5 nitrogen and oxygen atoms in total. The normalized spacial score (nSPS) is 17.4. The minimum atomic E-state index is -0.481. The second-order valence-corrected chi connectivity index (χ2v) is 5.02. The molecule has 104 valence electrons. The molecule has 0 radical (unpaired) electrons. The predicted octanol–water partition coefficient (Wildman–Crippen LogP) is 1.49. The molecule has 0 aliphatic carbocycles. The summed E-state index contributed by atoms with van der Waals surface area (Å²) in [5.74, 6) is 1.35. The van der Waals surface area contributed by atoms with Gasteiger partial charge in [0.1, 0.15) is 5.82 Å². The van der Waals surface area contributed by atoms with Gasteiger partial charge in [-0.25, -0.2) is 4.98 Å². The standard InChI is InChI=1S/C13H20N2O.CO2/c1-11(2)13(16)6-9-15(10-7-13)12-5-3-4-8-14-12;2-1-3/h3-5,8,11,16H,6-7,9-10H2,1-2H3;. The molecule has 0 amide bonds. The fraction of sp³-hybridized carbons (Fsp3) is 0.571. The van der Waals surface area contributed by atoms with Crippen molar-refractivity contribution in [3.05, 3.63) is 24.4 Å². The Morgan fingerprint density at radius 3 is 2.32 bits per heavy atom. The van der Waals surface area contributed by atoms with E-state index >= 15 is 0 Å². The van der Waals surface area contributed by atoms with Gasteiger partial charge < -0.3 is 10.0 Å². The molecule has 0 bridgehead atoms. The van der Waals surface area contributed by atoms with Gasteiger partial charge in [0.15, 0.2) is 0 Å². The lowest BCUT2D eigenvalue weighted by molar-refractivity contribution is -0.191. The number of rotatable bonds is 2. The largest absolute Gasteiger partial charge is 0.389 e. The van der Waals surface area contributed by atoms with E-state index in [1.165, 1.54) is 0 Å². The minimum Gasteiger partial charge on any atom is -0.389 e. The van der Waals surface area contributed by atoms with E-state index in [0.29, 0.717) is 5.92 Å². The molecule has 1 N–H and O–H groups in total. The molecule has 1 aromatic heterocycles. The van der Waals surface area contributed by atoms with Crippen LogP contribution in [0.4, 0.5) is 5.82 Å². The van der Waals surface area contributed by atoms with Crippen LogP contribution in [0.15, 0.2) is 24.4 Å². The maximum absolute atomic E-state index is 10.4. The topological polar surface area (TPSA) is 70.5 Å². The van der Waals surface area contributed by atoms with Crippen molar-refractivity contribution in [1.82, 2.24) is 4.98 Å². The molecule has 0 atom stereocenters. The van der Waals surface area contributed by atoms with Gasteiger partial charge in [0, 0.05) is 19.3 Å². The summed E-state index contributed by atoms with van der Waals surface area (Å²) in [6, 6.07) is 5.96. The van der Waals surface area contributed by atoms with Crippen LogP contribution >= 0.6 is 0 Å². The van der Waals surface area contributed by atoms with Crippen LogP contribution in [-0.2, 0) is 9.59 Å². The van der Waals surface area contributed by atoms with Crippen molar-refractivity contribution in [1.29, 1.82) is 0 Å². The highest BCUT2D eigenvalue weighted by Gasteiger charge is 2.35. The molecule has 1 saturated heterocycles. The van der Waals surface area contributed by atoms with Gasteiger partial charge in [-0.3, -0.25) is 0 Å². The summed E-state index contributed by atoms with van der Waals surface area (Å²) in [4.78, 5) is 22.8. The van der Waals surface area contributed by atoms with E-state index in [1.807, 2.05) is 24.4 Å². The first-order valence-electron chi connectivity index (χ1n) is 6.41. The van der Waals surface area contributed by atoms with Crippen molar-refractivity contribution >= 4 is 12.0 Å². The molecule has 1 aliphatic rings. The van der Waals surface area contributed by atoms with Crippen molar-refractivity contribution in [3.63, 3.8) is 0 Å². The quantitative estimate of drug-likeness (QED) is 0.876. The second kappa shape index (κ2) is 7.02. The fourth-order valence-corrected chi connectivity index (χ4v) is 2.24. The molecule has 1 aromatic rings. The highest BCUT2D eigenvalue weighted by Crippen LogP contribution is 2.30. The van der Waals surface area contributed by atoms with E-state index in [9.17, 15) is 5.11 Å². The van der Waals surface area contributed by atoms with Crippen LogP contribution in [0.5, 0.6) is 0 Å². The van der Waals surface area contributed by atoms with Crippen molar-refractivity contribution in [2.24, 2.45) is 5.92 Å². The predicted molar refractivity (Wildman–Crippen MR) is 70.5 cm³/mol. The zero-order valence-electron chi connectivity index (χ0n) is 11.4. The lowest BCUT2D eigenvalue weighted by Gasteiger charge is -2.41. The van der Waals surface area contributed by atoms with Crippen LogP contribution in [0.25, 0.3) is 0 Å². The number of aromatic nitrogens is 1. The Kier molecular flexibility index (Phi) is 5.67. The summed E-state index contributed by atoms with van der Waals surface area (Å²) in [6.45, 7) is 5.98. The van der Waals surface area contributed by atoms with Crippen LogP contribution in [0, 0.1) is 5.92 Å². The average Bonchev–Trinajstić information content (AvgIpc) is 2.41. The van der Waals surface area contributed by atoms with Gasteiger partial charge in [0.25, 0.3) is 0 Å². The van der Waals surface area contributed by atoms with Crippen LogP contribution in [0.2, 0.25) is 0 Å². The van der Waals surface area contributed by atoms with Gasteiger partial charge in [-0.2, -0.15) is 9.59 Å². The van der Waals surface area contributed by atoms with Crippen LogP contribution in [0.1, 0.15) is 26.7 Å². The molecule has 2 rings (SSSR count). The lowest BCUT2D eigenvalue weighted by Crippen LogP contribution is -2.47. The number of anilines is 1. The Bertz CT molecular complexity index is 406. The first-order chi connectivity index (χ1) is 9.03. The monoisotopic (exact) mass is 264 g/mol. The molecule has 1 aliphatic heterocycles. The third kappa shape index (κ3) is 4.16. The third-order valence-electron chi connectivity index (χ3n) is 3.68. The smallest absolute Gasteiger partial charge is 0.373 e. The van der Waals surface area contributed by atoms with Gasteiger partial charge in [0.05, 0.1) is 5.60 Å². The molecule has 5 heteroatoms. The van der Waals surface area contributed by atoms with E-state index < -0.39 is 5.60 Å². The van der Waals surface area contributed by atoms with Gasteiger partial charge in [-0.05, 0) is 30.9 Å². The Morgan fingerprint density at radius 2 is 1.89 bits per heavy atom. The van der Waals surface area contributed by atoms with Crippen molar-refractivity contribution in [3.8, 4) is 0 Å². The summed E-state index contributed by atoms with van der Waals surface area (Å²) in [5, 5.41) is 10.4. The summed E-state index contributed by atoms with van der Waals surface area (Å²) in [6.07, 6.45) is 3.74. The molecule has 1 fully saturated rings. The van der Waals surface area contributed by atoms with Crippen molar-refractivity contribution < 1.29 is 14.7 Å². The molecular weight excluding hydrogens is 244 g/mol. The van der Waals surface area contributed by atoms with E-state index in [4.69, 9.17) is 9.59 Å². The summed E-state index contributed by atoms with van der Waals surface area (Å²) in [7, 11) is 0. The van der Waals surface area contributed by atoms with E-state index in [1.54, 1.807) is 0 Å². The summed E-state index contributed by atoms with van der Waals surface area (Å²) < 4.78 is 0. The molecule has 0 aromatic carbocycles. The summed E-state index contributed by atoms with van der Waals surface area (Å²) in [5.41, 5.74) is -0.481. The molecule has 0 saturated carbocycles. The number of pyridine rings is 1. The van der Waals surface area contributed by atoms with Crippen molar-refractivity contribution in [2.45, 2.75) is 32.3 Å². The highest BCUT2D eigenvalue weighted by atomic mass is 16.3. The van der Waals surface area contributed by atoms with Gasteiger partial charge in [0.2, 0.25) is 0 Å². The number of carbonyl (C=O) groups excluding carboxylic acids is 2. The minimum absolute atomic E-state index is 0.250. The van der Waals surface area contributed by atoms with E-state index in [-0.39, 0.29) is 6.15 Å². The van der Waals surface area contributed by atoms with Crippen LogP contribution in [0.3, 0.4) is 0 Å². The van der Waals surface area contributed by atoms with Gasteiger partial charge in [-0.1, -0.05) is 19.9 Å². The van der Waals surface area contributed by atoms with Gasteiger partial charge in [-0.15, -0.1) is 0 Å². The highest BCUT2D eigenvalue weighted by molar-refractivity contribution is 5.38. The number of piperidine rings is 1. The molecule has 0 unspecified atom stereocenters. The Morgan fingerprint density at radius 1 is 1.32 bits per heavy atom. The number of nitrogens with zero attached hydrogens (tertiary/aromatic N) is 2. The fourth-order valence-electron chi connectivity index (χ4n) is 2.24. The number of hydrogen-bond donors (Lipinski definition) is 1. The Hall–Kier alpha value is -1.71. The SMILES string of the molecule is CC(C)C1(O)CCN(c2ccccn2)CC1.O=C=O. The molecular formula is C14H20N2O3. The lowest BCUT2D eigenvalue weighted by atomic mass is 9.81. The Labute approximate surface area is 113 Å². The first kappa shape index (κ1) is 15.3. The molecule has 2 heterocycles.